The van der Waals surface area contributed by atoms with Crippen molar-refractivity contribution < 1.29 is 14.6 Å². The Bertz CT molecular complexity index is 607. The van der Waals surface area contributed by atoms with E-state index < -0.39 is 5.97 Å². The standard InChI is InChI=1S/C11H6ClIN2O3/c12-7-3-6(11(16)17)1-2-9(7)18-10-8(13)4-14-5-15-10/h1-5H,(H,16,17). The second kappa shape index (κ2) is 5.49. The molecule has 0 saturated heterocycles. The molecule has 0 radical (unpaired) electrons. The molecule has 2 aromatic rings. The van der Waals surface area contributed by atoms with Gasteiger partial charge in [-0.3, -0.25) is 0 Å². The van der Waals surface area contributed by atoms with Crippen LogP contribution in [0.25, 0.3) is 0 Å². The number of nitrogens with zero attached hydrogens (tertiary/aromatic N) is 2. The van der Waals surface area contributed by atoms with Gasteiger partial charge in [-0.1, -0.05) is 11.6 Å². The molecule has 0 spiro atoms. The van der Waals surface area contributed by atoms with E-state index in [9.17, 15) is 4.79 Å². The topological polar surface area (TPSA) is 72.3 Å². The van der Waals surface area contributed by atoms with Crippen molar-refractivity contribution in [3.63, 3.8) is 0 Å². The first-order valence-corrected chi connectivity index (χ1v) is 6.20. The maximum Gasteiger partial charge on any atom is 0.335 e. The largest absolute Gasteiger partial charge is 0.478 e. The lowest BCUT2D eigenvalue weighted by atomic mass is 10.2. The van der Waals surface area contributed by atoms with E-state index in [1.807, 2.05) is 22.6 Å². The minimum absolute atomic E-state index is 0.102. The molecule has 0 saturated carbocycles. The highest BCUT2D eigenvalue weighted by Crippen LogP contribution is 2.30. The summed E-state index contributed by atoms with van der Waals surface area (Å²) in [5.74, 6) is -0.325. The van der Waals surface area contributed by atoms with Crippen LogP contribution >= 0.6 is 34.2 Å². The average molecular weight is 377 g/mol. The van der Waals surface area contributed by atoms with Crippen molar-refractivity contribution in [1.29, 1.82) is 0 Å². The molecule has 1 heterocycles. The van der Waals surface area contributed by atoms with Crippen LogP contribution in [-0.2, 0) is 0 Å². The van der Waals surface area contributed by atoms with Crippen LogP contribution in [0.15, 0.2) is 30.7 Å². The fourth-order valence-corrected chi connectivity index (χ4v) is 1.83. The number of aromatic nitrogens is 2. The quantitative estimate of drug-likeness (QED) is 0.833. The molecule has 5 nitrogen and oxygen atoms in total. The Hall–Kier alpha value is -1.41. The number of aromatic carboxylic acids is 1. The molecule has 0 atom stereocenters. The predicted molar refractivity (Wildman–Crippen MR) is 73.2 cm³/mol. The summed E-state index contributed by atoms with van der Waals surface area (Å²) >= 11 is 7.97. The van der Waals surface area contributed by atoms with Crippen LogP contribution in [0.2, 0.25) is 5.02 Å². The lowest BCUT2D eigenvalue weighted by Gasteiger charge is -2.08. The third-order valence-electron chi connectivity index (χ3n) is 2.02. The molecule has 7 heteroatoms. The number of rotatable bonds is 3. The highest BCUT2D eigenvalue weighted by molar-refractivity contribution is 14.1. The SMILES string of the molecule is O=C(O)c1ccc(Oc2ncncc2I)c(Cl)c1. The first kappa shape index (κ1) is 13.0. The number of halogens is 2. The molecule has 1 N–H and O–H groups in total. The van der Waals surface area contributed by atoms with Gasteiger partial charge in [-0.15, -0.1) is 0 Å². The molecule has 0 aliphatic heterocycles. The first-order chi connectivity index (χ1) is 8.58. The Balaban J connectivity index is 2.30. The van der Waals surface area contributed by atoms with E-state index in [0.717, 1.165) is 3.57 Å². The fraction of sp³-hybridized carbons (Fsp3) is 0. The number of hydrogen-bond donors (Lipinski definition) is 1. The summed E-state index contributed by atoms with van der Waals surface area (Å²) < 4.78 is 6.22. The molecule has 1 aromatic heterocycles. The van der Waals surface area contributed by atoms with Crippen LogP contribution in [0.4, 0.5) is 0 Å². The van der Waals surface area contributed by atoms with Crippen LogP contribution in [0.3, 0.4) is 0 Å². The van der Waals surface area contributed by atoms with Gasteiger partial charge in [0.1, 0.15) is 12.1 Å². The molecule has 92 valence electrons. The van der Waals surface area contributed by atoms with E-state index in [-0.39, 0.29) is 10.6 Å². The minimum Gasteiger partial charge on any atom is -0.478 e. The molecular formula is C11H6ClIN2O3. The average Bonchev–Trinajstić information content (AvgIpc) is 2.34. The Morgan fingerprint density at radius 3 is 2.83 bits per heavy atom. The van der Waals surface area contributed by atoms with Crippen molar-refractivity contribution >= 4 is 40.2 Å². The van der Waals surface area contributed by atoms with Gasteiger partial charge in [-0.2, -0.15) is 0 Å². The van der Waals surface area contributed by atoms with E-state index in [1.54, 1.807) is 6.20 Å². The second-order valence-corrected chi connectivity index (χ2v) is 4.80. The summed E-state index contributed by atoms with van der Waals surface area (Å²) in [4.78, 5) is 18.5. The molecule has 0 fully saturated rings. The number of carbonyl (C=O) groups is 1. The van der Waals surface area contributed by atoms with E-state index in [0.29, 0.717) is 11.6 Å². The number of carboxylic acid groups (broad SMARTS) is 1. The van der Waals surface area contributed by atoms with Crippen LogP contribution < -0.4 is 4.74 Å². The zero-order valence-electron chi connectivity index (χ0n) is 8.80. The van der Waals surface area contributed by atoms with Gasteiger partial charge in [-0.05, 0) is 40.8 Å². The summed E-state index contributed by atoms with van der Waals surface area (Å²) in [6.07, 6.45) is 2.96. The van der Waals surface area contributed by atoms with Crippen LogP contribution in [-0.4, -0.2) is 21.0 Å². The lowest BCUT2D eigenvalue weighted by molar-refractivity contribution is 0.0697. The summed E-state index contributed by atoms with van der Waals surface area (Å²) in [6.45, 7) is 0. The van der Waals surface area contributed by atoms with Gasteiger partial charge in [0.15, 0.2) is 0 Å². The van der Waals surface area contributed by atoms with Crippen molar-refractivity contribution in [1.82, 2.24) is 9.97 Å². The Morgan fingerprint density at radius 1 is 1.44 bits per heavy atom. The lowest BCUT2D eigenvalue weighted by Crippen LogP contribution is -1.97. The monoisotopic (exact) mass is 376 g/mol. The van der Waals surface area contributed by atoms with Gasteiger partial charge in [0.05, 0.1) is 14.2 Å². The van der Waals surface area contributed by atoms with Crippen LogP contribution in [0.1, 0.15) is 10.4 Å². The maximum absolute atomic E-state index is 10.8. The highest BCUT2D eigenvalue weighted by Gasteiger charge is 2.10. The van der Waals surface area contributed by atoms with Gasteiger partial charge < -0.3 is 9.84 Å². The molecule has 0 unspecified atom stereocenters. The molecule has 2 rings (SSSR count). The van der Waals surface area contributed by atoms with E-state index in [4.69, 9.17) is 21.4 Å². The van der Waals surface area contributed by atoms with Gasteiger partial charge in [0.25, 0.3) is 0 Å². The molecule has 0 aliphatic carbocycles. The van der Waals surface area contributed by atoms with Gasteiger partial charge in [0, 0.05) is 6.20 Å². The van der Waals surface area contributed by atoms with Crippen molar-refractivity contribution in [2.24, 2.45) is 0 Å². The van der Waals surface area contributed by atoms with Gasteiger partial charge >= 0.3 is 5.97 Å². The summed E-state index contributed by atoms with van der Waals surface area (Å²) in [6, 6.07) is 4.23. The Kier molecular flexibility index (Phi) is 3.97. The Morgan fingerprint density at radius 2 is 2.22 bits per heavy atom. The minimum atomic E-state index is -1.04. The Labute approximate surface area is 121 Å². The van der Waals surface area contributed by atoms with E-state index >= 15 is 0 Å². The summed E-state index contributed by atoms with van der Waals surface area (Å²) in [5.41, 5.74) is 0.102. The van der Waals surface area contributed by atoms with Crippen molar-refractivity contribution in [2.45, 2.75) is 0 Å². The van der Waals surface area contributed by atoms with E-state index in [2.05, 4.69) is 9.97 Å². The van der Waals surface area contributed by atoms with Gasteiger partial charge in [0.2, 0.25) is 5.88 Å². The summed E-state index contributed by atoms with van der Waals surface area (Å²) in [7, 11) is 0. The van der Waals surface area contributed by atoms with E-state index in [1.165, 1.54) is 24.5 Å². The van der Waals surface area contributed by atoms with Crippen molar-refractivity contribution in [3.05, 3.63) is 44.9 Å². The number of ether oxygens (including phenoxy) is 1. The number of hydrogen-bond acceptors (Lipinski definition) is 4. The normalized spacial score (nSPS) is 10.1. The van der Waals surface area contributed by atoms with Crippen molar-refractivity contribution in [2.75, 3.05) is 0 Å². The predicted octanol–water partition coefficient (Wildman–Crippen LogP) is 3.23. The zero-order chi connectivity index (χ0) is 13.1. The number of benzene rings is 1. The molecule has 0 bridgehead atoms. The zero-order valence-corrected chi connectivity index (χ0v) is 11.7. The molecule has 1 aromatic carbocycles. The fourth-order valence-electron chi connectivity index (χ4n) is 1.20. The highest BCUT2D eigenvalue weighted by atomic mass is 127. The maximum atomic E-state index is 10.8. The molecule has 0 amide bonds. The van der Waals surface area contributed by atoms with Gasteiger partial charge in [-0.25, -0.2) is 14.8 Å². The van der Waals surface area contributed by atoms with Crippen LogP contribution in [0, 0.1) is 3.57 Å². The smallest absolute Gasteiger partial charge is 0.335 e. The molecule has 0 aliphatic rings. The third-order valence-corrected chi connectivity index (χ3v) is 3.05. The third kappa shape index (κ3) is 2.88. The number of carboxylic acids is 1. The first-order valence-electron chi connectivity index (χ1n) is 4.74. The molecular weight excluding hydrogens is 370 g/mol. The summed E-state index contributed by atoms with van der Waals surface area (Å²) in [5, 5.41) is 9.03. The molecule has 18 heavy (non-hydrogen) atoms. The van der Waals surface area contributed by atoms with Crippen molar-refractivity contribution in [3.8, 4) is 11.6 Å². The van der Waals surface area contributed by atoms with Crippen LogP contribution in [0.5, 0.6) is 11.6 Å². The second-order valence-electron chi connectivity index (χ2n) is 3.23.